The number of anilines is 2. The van der Waals surface area contributed by atoms with E-state index in [1.165, 1.54) is 29.2 Å². The molecule has 2 aromatic carbocycles. The van der Waals surface area contributed by atoms with Crippen molar-refractivity contribution >= 4 is 52.4 Å². The first-order chi connectivity index (χ1) is 16.7. The Morgan fingerprint density at radius 2 is 1.86 bits per heavy atom. The number of amides is 2. The molecule has 6 nitrogen and oxygen atoms in total. The Balaban J connectivity index is 1.66. The van der Waals surface area contributed by atoms with Crippen molar-refractivity contribution in [2.24, 2.45) is 5.92 Å². The summed E-state index contributed by atoms with van der Waals surface area (Å²) < 4.78 is 32.2. The lowest BCUT2D eigenvalue weighted by molar-refractivity contribution is -0.143. The van der Waals surface area contributed by atoms with Gasteiger partial charge in [0.2, 0.25) is 11.8 Å². The average Bonchev–Trinajstić information content (AvgIpc) is 2.77. The molecule has 1 aliphatic heterocycles. The molecule has 10 heteroatoms. The normalized spacial score (nSPS) is 15.7. The van der Waals surface area contributed by atoms with E-state index in [9.17, 15) is 23.2 Å². The number of esters is 1. The van der Waals surface area contributed by atoms with Crippen LogP contribution in [0.4, 0.5) is 20.2 Å². The molecular formula is C25H26Cl2F2N2O4. The molecule has 35 heavy (non-hydrogen) atoms. The Morgan fingerprint density at radius 1 is 1.14 bits per heavy atom. The highest BCUT2D eigenvalue weighted by molar-refractivity contribution is 6.40. The number of benzene rings is 2. The molecule has 1 saturated heterocycles. The summed E-state index contributed by atoms with van der Waals surface area (Å²) in [4.78, 5) is 37.7. The summed E-state index contributed by atoms with van der Waals surface area (Å²) in [6.45, 7) is 2.27. The first-order valence-electron chi connectivity index (χ1n) is 11.4. The third-order valence-corrected chi connectivity index (χ3v) is 6.27. The maximum atomic E-state index is 14.1. The van der Waals surface area contributed by atoms with Gasteiger partial charge in [-0.05, 0) is 55.9 Å². The third-order valence-electron chi connectivity index (χ3n) is 5.69. The molecule has 0 saturated carbocycles. The predicted molar refractivity (Wildman–Crippen MR) is 131 cm³/mol. The molecule has 2 amide bonds. The number of piperidine rings is 1. The van der Waals surface area contributed by atoms with Crippen LogP contribution in [0.1, 0.15) is 44.6 Å². The van der Waals surface area contributed by atoms with E-state index in [-0.39, 0.29) is 66.2 Å². The summed E-state index contributed by atoms with van der Waals surface area (Å²) in [5.74, 6) is -2.17. The fraction of sp³-hybridized carbons (Fsp3) is 0.400. The smallest absolute Gasteiger partial charge is 0.305 e. The molecule has 0 spiro atoms. The number of hydrogen-bond acceptors (Lipinski definition) is 4. The van der Waals surface area contributed by atoms with Gasteiger partial charge in [0.15, 0.2) is 0 Å². The fourth-order valence-corrected chi connectivity index (χ4v) is 4.73. The van der Waals surface area contributed by atoms with Crippen LogP contribution < -0.4 is 10.2 Å². The van der Waals surface area contributed by atoms with Gasteiger partial charge in [0.1, 0.15) is 11.6 Å². The minimum atomic E-state index is -0.642. The summed E-state index contributed by atoms with van der Waals surface area (Å²) in [5.41, 5.74) is 1.06. The molecule has 2 aromatic rings. The van der Waals surface area contributed by atoms with Crippen molar-refractivity contribution in [3.63, 3.8) is 0 Å². The first kappa shape index (κ1) is 26.9. The van der Waals surface area contributed by atoms with E-state index in [2.05, 4.69) is 5.32 Å². The van der Waals surface area contributed by atoms with Crippen molar-refractivity contribution in [1.29, 1.82) is 0 Å². The van der Waals surface area contributed by atoms with E-state index < -0.39 is 11.6 Å². The lowest BCUT2D eigenvalue weighted by atomic mass is 9.90. The van der Waals surface area contributed by atoms with Gasteiger partial charge in [-0.3, -0.25) is 14.4 Å². The van der Waals surface area contributed by atoms with E-state index in [0.29, 0.717) is 36.2 Å². The molecule has 1 fully saturated rings. The van der Waals surface area contributed by atoms with Crippen molar-refractivity contribution in [2.45, 2.75) is 45.4 Å². The molecule has 3 rings (SSSR count). The summed E-state index contributed by atoms with van der Waals surface area (Å²) in [6.07, 6.45) is 1.72. The molecule has 0 bridgehead atoms. The number of rotatable bonds is 9. The Labute approximate surface area is 212 Å². The van der Waals surface area contributed by atoms with Gasteiger partial charge in [-0.25, -0.2) is 8.78 Å². The lowest BCUT2D eigenvalue weighted by Gasteiger charge is -2.34. The summed E-state index contributed by atoms with van der Waals surface area (Å²) in [7, 11) is 0. The van der Waals surface area contributed by atoms with E-state index >= 15 is 0 Å². The number of halogens is 4. The fourth-order valence-electron chi connectivity index (χ4n) is 4.04. The second-order valence-electron chi connectivity index (χ2n) is 8.34. The minimum Gasteiger partial charge on any atom is -0.466 e. The van der Waals surface area contributed by atoms with Crippen LogP contribution in [-0.2, 0) is 25.5 Å². The van der Waals surface area contributed by atoms with Gasteiger partial charge in [0, 0.05) is 37.6 Å². The monoisotopic (exact) mass is 526 g/mol. The topological polar surface area (TPSA) is 75.7 Å². The highest BCUT2D eigenvalue weighted by Gasteiger charge is 2.30. The second kappa shape index (κ2) is 12.3. The molecule has 0 aliphatic carbocycles. The number of carbonyl (C=O) groups excluding carboxylic acids is 3. The van der Waals surface area contributed by atoms with E-state index in [1.807, 2.05) is 0 Å². The zero-order valence-electron chi connectivity index (χ0n) is 19.2. The third kappa shape index (κ3) is 7.39. The van der Waals surface area contributed by atoms with Crippen molar-refractivity contribution in [2.75, 3.05) is 23.4 Å². The first-order valence-corrected chi connectivity index (χ1v) is 12.1. The Kier molecular flexibility index (Phi) is 9.46. The molecule has 1 heterocycles. The zero-order valence-corrected chi connectivity index (χ0v) is 20.7. The predicted octanol–water partition coefficient (Wildman–Crippen LogP) is 5.93. The second-order valence-corrected chi connectivity index (χ2v) is 9.16. The summed E-state index contributed by atoms with van der Waals surface area (Å²) >= 11 is 12.9. The quantitative estimate of drug-likeness (QED) is 0.411. The Morgan fingerprint density at radius 3 is 2.51 bits per heavy atom. The van der Waals surface area contributed by atoms with Gasteiger partial charge in [0.05, 0.1) is 22.3 Å². The molecule has 0 radical (unpaired) electrons. The highest BCUT2D eigenvalue weighted by Crippen LogP contribution is 2.39. The maximum absolute atomic E-state index is 14.1. The standard InChI is InChI=1S/C25H26Cl2F2N2O4/c1-2-35-24(34)5-3-4-22(32)30-18-12-19(26)25(20(27)13-18)31-14-15(6-9-23(31)33)10-16-7-8-17(28)11-21(16)29/h7-8,11-13,15H,2-6,9-10,14H2,1H3,(H,30,32). The van der Waals surface area contributed by atoms with Gasteiger partial charge in [-0.1, -0.05) is 29.3 Å². The van der Waals surface area contributed by atoms with Crippen LogP contribution in [0.3, 0.4) is 0 Å². The van der Waals surface area contributed by atoms with Crippen LogP contribution >= 0.6 is 23.2 Å². The van der Waals surface area contributed by atoms with Crippen LogP contribution in [0.25, 0.3) is 0 Å². The van der Waals surface area contributed by atoms with Crippen LogP contribution in [-0.4, -0.2) is 30.9 Å². The zero-order chi connectivity index (χ0) is 25.5. The van der Waals surface area contributed by atoms with Crippen LogP contribution in [0.2, 0.25) is 10.0 Å². The van der Waals surface area contributed by atoms with Crippen LogP contribution in [0, 0.1) is 17.6 Å². The Bertz CT molecular complexity index is 1090. The van der Waals surface area contributed by atoms with Gasteiger partial charge in [0.25, 0.3) is 0 Å². The van der Waals surface area contributed by atoms with Crippen LogP contribution in [0.5, 0.6) is 0 Å². The summed E-state index contributed by atoms with van der Waals surface area (Å²) in [5, 5.41) is 3.05. The maximum Gasteiger partial charge on any atom is 0.305 e. The average molecular weight is 527 g/mol. The number of hydrogen-bond donors (Lipinski definition) is 1. The largest absolute Gasteiger partial charge is 0.466 e. The number of carbonyl (C=O) groups is 3. The van der Waals surface area contributed by atoms with Gasteiger partial charge < -0.3 is 15.0 Å². The van der Waals surface area contributed by atoms with Gasteiger partial charge in [-0.15, -0.1) is 0 Å². The Hall–Kier alpha value is -2.71. The molecule has 1 unspecified atom stereocenters. The van der Waals surface area contributed by atoms with Crippen LogP contribution in [0.15, 0.2) is 30.3 Å². The molecule has 1 N–H and O–H groups in total. The lowest BCUT2D eigenvalue weighted by Crippen LogP contribution is -2.41. The van der Waals surface area contributed by atoms with Gasteiger partial charge in [-0.2, -0.15) is 0 Å². The summed E-state index contributed by atoms with van der Waals surface area (Å²) in [6, 6.07) is 6.47. The van der Waals surface area contributed by atoms with E-state index in [0.717, 1.165) is 6.07 Å². The highest BCUT2D eigenvalue weighted by atomic mass is 35.5. The van der Waals surface area contributed by atoms with Gasteiger partial charge >= 0.3 is 5.97 Å². The number of ether oxygens (including phenoxy) is 1. The molecule has 1 atom stereocenters. The number of nitrogens with zero attached hydrogens (tertiary/aromatic N) is 1. The number of nitrogens with one attached hydrogen (secondary N) is 1. The van der Waals surface area contributed by atoms with Crippen molar-refractivity contribution in [3.05, 3.63) is 57.6 Å². The van der Waals surface area contributed by atoms with Crippen molar-refractivity contribution < 1.29 is 27.9 Å². The molecule has 0 aromatic heterocycles. The van der Waals surface area contributed by atoms with Crippen molar-refractivity contribution in [3.8, 4) is 0 Å². The minimum absolute atomic E-state index is 0.0708. The van der Waals surface area contributed by atoms with E-state index in [1.54, 1.807) is 6.92 Å². The molecule has 188 valence electrons. The molecule has 1 aliphatic rings. The SMILES string of the molecule is CCOC(=O)CCCC(=O)Nc1cc(Cl)c(N2CC(Cc3ccc(F)cc3F)CCC2=O)c(Cl)c1. The van der Waals surface area contributed by atoms with E-state index in [4.69, 9.17) is 27.9 Å². The molecular weight excluding hydrogens is 501 g/mol. The van der Waals surface area contributed by atoms with Crippen molar-refractivity contribution in [1.82, 2.24) is 0 Å².